The number of piperidine rings is 1. The van der Waals surface area contributed by atoms with Crippen LogP contribution in [-0.4, -0.2) is 52.6 Å². The summed E-state index contributed by atoms with van der Waals surface area (Å²) >= 11 is 0. The zero-order chi connectivity index (χ0) is 15.4. The van der Waals surface area contributed by atoms with E-state index in [0.717, 1.165) is 19.4 Å². The Morgan fingerprint density at radius 3 is 2.76 bits per heavy atom. The maximum Gasteiger partial charge on any atom is 0.258 e. The second-order valence-electron chi connectivity index (χ2n) is 5.07. The van der Waals surface area contributed by atoms with Crippen LogP contribution in [0, 0.1) is 0 Å². The summed E-state index contributed by atoms with van der Waals surface area (Å²) in [7, 11) is 0. The van der Waals surface area contributed by atoms with Crippen LogP contribution in [0.1, 0.15) is 23.2 Å². The lowest BCUT2D eigenvalue weighted by molar-refractivity contribution is -0.119. The number of para-hydroxylation sites is 1. The highest BCUT2D eigenvalue weighted by atomic mass is 16.3. The molecule has 0 aromatic heterocycles. The number of nitrogens with one attached hydrogen (secondary N) is 1. The van der Waals surface area contributed by atoms with Crippen LogP contribution in [0.15, 0.2) is 18.2 Å². The van der Waals surface area contributed by atoms with E-state index in [1.165, 1.54) is 23.1 Å². The Morgan fingerprint density at radius 1 is 1.38 bits per heavy atom. The molecule has 0 radical (unpaired) electrons. The van der Waals surface area contributed by atoms with Crippen LogP contribution in [0.4, 0.5) is 0 Å². The van der Waals surface area contributed by atoms with Crippen LogP contribution in [0.25, 0.3) is 0 Å². The normalized spacial score (nSPS) is 18.2. The minimum absolute atomic E-state index is 0.0400. The molecule has 1 heterocycles. The van der Waals surface area contributed by atoms with Crippen molar-refractivity contribution in [2.24, 2.45) is 5.73 Å². The fraction of sp³-hybridized carbons (Fsp3) is 0.429. The van der Waals surface area contributed by atoms with Gasteiger partial charge in [-0.2, -0.15) is 0 Å². The third-order valence-electron chi connectivity index (χ3n) is 3.54. The monoisotopic (exact) mass is 293 g/mol. The topological polar surface area (TPSA) is 116 Å². The lowest BCUT2D eigenvalue weighted by Crippen LogP contribution is -2.51. The third kappa shape index (κ3) is 3.43. The van der Waals surface area contributed by atoms with Gasteiger partial charge in [0.25, 0.3) is 5.91 Å². The summed E-state index contributed by atoms with van der Waals surface area (Å²) in [4.78, 5) is 25.2. The van der Waals surface area contributed by atoms with Gasteiger partial charge in [-0.3, -0.25) is 9.59 Å². The number of primary amides is 1. The van der Waals surface area contributed by atoms with Crippen molar-refractivity contribution in [3.05, 3.63) is 23.8 Å². The number of rotatable bonds is 4. The Balaban J connectivity index is 2.28. The van der Waals surface area contributed by atoms with E-state index in [1.807, 2.05) is 0 Å². The van der Waals surface area contributed by atoms with Gasteiger partial charge < -0.3 is 26.2 Å². The maximum atomic E-state index is 12.6. The van der Waals surface area contributed by atoms with Gasteiger partial charge in [-0.1, -0.05) is 6.07 Å². The molecule has 1 aromatic rings. The van der Waals surface area contributed by atoms with Crippen LogP contribution >= 0.6 is 0 Å². The number of hydrogen-bond donors (Lipinski definition) is 4. The van der Waals surface area contributed by atoms with Crippen molar-refractivity contribution >= 4 is 11.8 Å². The quantitative estimate of drug-likeness (QED) is 0.573. The van der Waals surface area contributed by atoms with Crippen LogP contribution in [0.2, 0.25) is 0 Å². The van der Waals surface area contributed by atoms with Gasteiger partial charge in [0.15, 0.2) is 11.5 Å². The predicted molar refractivity (Wildman–Crippen MR) is 75.9 cm³/mol. The molecule has 2 amide bonds. The molecule has 0 spiro atoms. The minimum atomic E-state index is -0.617. The van der Waals surface area contributed by atoms with E-state index >= 15 is 0 Å². The minimum Gasteiger partial charge on any atom is -0.504 e. The third-order valence-corrected chi connectivity index (χ3v) is 3.54. The molecule has 7 nitrogen and oxygen atoms in total. The first-order valence-electron chi connectivity index (χ1n) is 6.81. The fourth-order valence-electron chi connectivity index (χ4n) is 2.49. The fourth-order valence-corrected chi connectivity index (χ4v) is 2.49. The van der Waals surface area contributed by atoms with E-state index in [-0.39, 0.29) is 23.9 Å². The lowest BCUT2D eigenvalue weighted by atomic mass is 10.0. The molecule has 1 atom stereocenters. The number of carbonyl (C=O) groups is 2. The number of phenolic OH excluding ortho intramolecular Hbond substituents is 2. The predicted octanol–water partition coefficient (Wildman–Crippen LogP) is -0.223. The molecule has 0 bridgehead atoms. The molecule has 1 aliphatic heterocycles. The Bertz CT molecular complexity index is 541. The summed E-state index contributed by atoms with van der Waals surface area (Å²) < 4.78 is 0. The first-order chi connectivity index (χ1) is 10.0. The number of phenols is 2. The van der Waals surface area contributed by atoms with E-state index in [2.05, 4.69) is 5.32 Å². The first-order valence-corrected chi connectivity index (χ1v) is 6.81. The zero-order valence-electron chi connectivity index (χ0n) is 11.6. The second kappa shape index (κ2) is 6.45. The van der Waals surface area contributed by atoms with Gasteiger partial charge in [0.1, 0.15) is 0 Å². The highest BCUT2D eigenvalue weighted by Gasteiger charge is 2.29. The van der Waals surface area contributed by atoms with Gasteiger partial charge in [-0.15, -0.1) is 0 Å². The van der Waals surface area contributed by atoms with E-state index < -0.39 is 17.6 Å². The average molecular weight is 293 g/mol. The number of amides is 2. The second-order valence-corrected chi connectivity index (χ2v) is 5.07. The summed E-state index contributed by atoms with van der Waals surface area (Å²) in [6.07, 6.45) is 1.64. The smallest absolute Gasteiger partial charge is 0.258 e. The molecule has 5 N–H and O–H groups in total. The van der Waals surface area contributed by atoms with Gasteiger partial charge in [0, 0.05) is 12.6 Å². The molecule has 0 saturated carbocycles. The van der Waals surface area contributed by atoms with Gasteiger partial charge in [-0.25, -0.2) is 0 Å². The van der Waals surface area contributed by atoms with Crippen molar-refractivity contribution in [3.8, 4) is 11.5 Å². The van der Waals surface area contributed by atoms with Gasteiger partial charge in [0.2, 0.25) is 5.91 Å². The molecule has 7 heteroatoms. The van der Waals surface area contributed by atoms with Crippen LogP contribution < -0.4 is 11.1 Å². The molecule has 1 unspecified atom stereocenters. The van der Waals surface area contributed by atoms with Crippen molar-refractivity contribution in [1.29, 1.82) is 0 Å². The summed E-state index contributed by atoms with van der Waals surface area (Å²) in [6, 6.07) is 3.98. The maximum absolute atomic E-state index is 12.6. The van der Waals surface area contributed by atoms with E-state index in [9.17, 15) is 19.8 Å². The summed E-state index contributed by atoms with van der Waals surface area (Å²) in [5.74, 6) is -1.99. The van der Waals surface area contributed by atoms with Gasteiger partial charge in [-0.05, 0) is 31.5 Å². The van der Waals surface area contributed by atoms with Crippen LogP contribution in [-0.2, 0) is 4.79 Å². The van der Waals surface area contributed by atoms with E-state index in [1.54, 1.807) is 0 Å². The highest BCUT2D eigenvalue weighted by molar-refractivity contribution is 5.99. The molecule has 114 valence electrons. The number of aromatic hydroxyl groups is 2. The molecular weight excluding hydrogens is 274 g/mol. The largest absolute Gasteiger partial charge is 0.504 e. The SMILES string of the molecule is NC(=O)CN(C(=O)c1cccc(O)c1O)C1CCCNC1. The Morgan fingerprint density at radius 2 is 2.14 bits per heavy atom. The molecule has 1 aliphatic rings. The van der Waals surface area contributed by atoms with Crippen LogP contribution in [0.5, 0.6) is 11.5 Å². The molecule has 21 heavy (non-hydrogen) atoms. The number of nitrogens with zero attached hydrogens (tertiary/aromatic N) is 1. The number of carbonyl (C=O) groups excluding carboxylic acids is 2. The summed E-state index contributed by atoms with van der Waals surface area (Å²) in [5, 5.41) is 22.5. The van der Waals surface area contributed by atoms with E-state index in [4.69, 9.17) is 5.73 Å². The first kappa shape index (κ1) is 15.1. The number of benzene rings is 1. The molecule has 0 aliphatic carbocycles. The summed E-state index contributed by atoms with van der Waals surface area (Å²) in [5.41, 5.74) is 5.18. The Hall–Kier alpha value is -2.28. The zero-order valence-corrected chi connectivity index (χ0v) is 11.6. The van der Waals surface area contributed by atoms with Gasteiger partial charge in [0.05, 0.1) is 12.1 Å². The number of hydrogen-bond acceptors (Lipinski definition) is 5. The molecule has 1 aromatic carbocycles. The number of nitrogens with two attached hydrogens (primary N) is 1. The lowest BCUT2D eigenvalue weighted by Gasteiger charge is -2.34. The van der Waals surface area contributed by atoms with Crippen molar-refractivity contribution in [2.45, 2.75) is 18.9 Å². The summed E-state index contributed by atoms with van der Waals surface area (Å²) in [6.45, 7) is 1.21. The molecule has 2 rings (SSSR count). The Labute approximate surface area is 122 Å². The average Bonchev–Trinajstić information content (AvgIpc) is 2.48. The van der Waals surface area contributed by atoms with Crippen LogP contribution in [0.3, 0.4) is 0 Å². The van der Waals surface area contributed by atoms with Crippen molar-refractivity contribution < 1.29 is 19.8 Å². The van der Waals surface area contributed by atoms with Crippen molar-refractivity contribution in [1.82, 2.24) is 10.2 Å². The standard InChI is InChI=1S/C14H19N3O4/c15-12(19)8-17(9-3-2-6-16-7-9)14(21)10-4-1-5-11(18)13(10)20/h1,4-5,9,16,18,20H,2-3,6-8H2,(H2,15,19). The van der Waals surface area contributed by atoms with Crippen molar-refractivity contribution in [2.75, 3.05) is 19.6 Å². The van der Waals surface area contributed by atoms with E-state index in [0.29, 0.717) is 6.54 Å². The Kier molecular flexibility index (Phi) is 4.64. The highest BCUT2D eigenvalue weighted by Crippen LogP contribution is 2.29. The molecule has 1 saturated heterocycles. The molecule has 1 fully saturated rings. The van der Waals surface area contributed by atoms with Gasteiger partial charge >= 0.3 is 0 Å². The van der Waals surface area contributed by atoms with Crippen molar-refractivity contribution in [3.63, 3.8) is 0 Å². The molecular formula is C14H19N3O4.